The maximum Gasteiger partial charge on any atom is 0.416 e. The van der Waals surface area contributed by atoms with Crippen LogP contribution in [0.15, 0.2) is 58.7 Å². The van der Waals surface area contributed by atoms with Crippen molar-refractivity contribution in [2.75, 3.05) is 12.4 Å². The van der Waals surface area contributed by atoms with Crippen molar-refractivity contribution < 1.29 is 31.1 Å². The molecule has 2 aromatic carbocycles. The van der Waals surface area contributed by atoms with Crippen molar-refractivity contribution in [3.63, 3.8) is 0 Å². The predicted molar refractivity (Wildman–Crippen MR) is 123 cm³/mol. The summed E-state index contributed by atoms with van der Waals surface area (Å²) in [4.78, 5) is 12.4. The van der Waals surface area contributed by atoms with Crippen molar-refractivity contribution in [1.29, 1.82) is 0 Å². The van der Waals surface area contributed by atoms with Crippen molar-refractivity contribution >= 4 is 29.3 Å². The number of para-hydroxylation sites is 1. The van der Waals surface area contributed by atoms with Crippen LogP contribution in [0.2, 0.25) is 5.15 Å². The van der Waals surface area contributed by atoms with E-state index in [1.807, 2.05) is 18.2 Å². The van der Waals surface area contributed by atoms with E-state index >= 15 is 0 Å². The number of aromatic nitrogens is 5. The summed E-state index contributed by atoms with van der Waals surface area (Å²) in [6, 6.07) is 9.84. The van der Waals surface area contributed by atoms with Gasteiger partial charge >= 0.3 is 12.4 Å². The fourth-order valence-corrected chi connectivity index (χ4v) is 4.13. The normalized spacial score (nSPS) is 12.0. The summed E-state index contributed by atoms with van der Waals surface area (Å²) in [7, 11) is 1.54. The Morgan fingerprint density at radius 3 is 2.27 bits per heavy atom. The highest BCUT2D eigenvalue weighted by atomic mass is 35.5. The molecule has 2 heterocycles. The van der Waals surface area contributed by atoms with E-state index in [9.17, 15) is 26.3 Å². The van der Waals surface area contributed by atoms with Gasteiger partial charge in [-0.2, -0.15) is 31.4 Å². The van der Waals surface area contributed by atoms with Crippen LogP contribution in [0.1, 0.15) is 16.7 Å². The van der Waals surface area contributed by atoms with E-state index in [1.165, 1.54) is 6.07 Å². The lowest BCUT2D eigenvalue weighted by atomic mass is 10.0. The molecule has 0 aliphatic heterocycles. The van der Waals surface area contributed by atoms with E-state index in [0.717, 1.165) is 17.3 Å². The number of rotatable bonds is 7. The average Bonchev–Trinajstić information content (AvgIpc) is 3.29. The maximum atomic E-state index is 13.2. The van der Waals surface area contributed by atoms with Gasteiger partial charge in [-0.15, -0.1) is 0 Å². The first-order valence-corrected chi connectivity index (χ1v) is 11.4. The Bertz CT molecular complexity index is 1380. The molecule has 0 aliphatic rings. The topological polar surface area (TPSA) is 88.6 Å². The molecule has 0 saturated heterocycles. The van der Waals surface area contributed by atoms with E-state index in [2.05, 4.69) is 30.5 Å². The highest BCUT2D eigenvalue weighted by molar-refractivity contribution is 7.99. The summed E-state index contributed by atoms with van der Waals surface area (Å²) in [6.07, 6.45) is -9.98. The van der Waals surface area contributed by atoms with Gasteiger partial charge in [0.05, 0.1) is 18.2 Å². The van der Waals surface area contributed by atoms with E-state index in [1.54, 1.807) is 13.2 Å². The van der Waals surface area contributed by atoms with Crippen LogP contribution in [0.25, 0.3) is 11.4 Å². The summed E-state index contributed by atoms with van der Waals surface area (Å²) in [5.74, 6) is 0.478. The molecular weight excluding hydrogens is 546 g/mol. The van der Waals surface area contributed by atoms with Crippen molar-refractivity contribution in [2.45, 2.75) is 29.1 Å². The van der Waals surface area contributed by atoms with Crippen LogP contribution in [-0.2, 0) is 18.9 Å². The van der Waals surface area contributed by atoms with E-state index < -0.39 is 29.0 Å². The minimum absolute atomic E-state index is 0.0360. The number of hydrogen-bond acceptors (Lipinski definition) is 7. The molecule has 7 nitrogen and oxygen atoms in total. The molecule has 4 aromatic rings. The fraction of sp³-hybridized carbons (Fsp3) is 0.182. The lowest BCUT2D eigenvalue weighted by Crippen LogP contribution is -2.11. The Labute approximate surface area is 214 Å². The van der Waals surface area contributed by atoms with Crippen LogP contribution in [-0.4, -0.2) is 32.3 Å². The number of anilines is 1. The molecule has 0 aliphatic carbocycles. The van der Waals surface area contributed by atoms with Crippen molar-refractivity contribution in [1.82, 2.24) is 25.1 Å². The molecule has 0 saturated carbocycles. The van der Waals surface area contributed by atoms with Gasteiger partial charge in [-0.3, -0.25) is 5.10 Å². The summed E-state index contributed by atoms with van der Waals surface area (Å²) >= 11 is 7.00. The lowest BCUT2D eigenvalue weighted by Gasteiger charge is -2.13. The molecular formula is C22H15ClF6N6OS. The third kappa shape index (κ3) is 6.63. The lowest BCUT2D eigenvalue weighted by molar-refractivity contribution is -0.143. The number of ether oxygens (including phenoxy) is 1. The summed E-state index contributed by atoms with van der Waals surface area (Å²) in [5.41, 5.74) is -2.55. The Balaban J connectivity index is 1.56. The number of nitrogens with zero attached hydrogens (tertiary/aromatic N) is 4. The number of halogens is 7. The molecule has 0 unspecified atom stereocenters. The van der Waals surface area contributed by atoms with Gasteiger partial charge in [0.15, 0.2) is 11.0 Å². The molecule has 2 aromatic heterocycles. The Morgan fingerprint density at radius 1 is 0.946 bits per heavy atom. The number of nitrogens with one attached hydrogen (secondary N) is 2. The third-order valence-corrected chi connectivity index (χ3v) is 5.80. The Morgan fingerprint density at radius 2 is 1.62 bits per heavy atom. The van der Waals surface area contributed by atoms with Crippen LogP contribution in [0.3, 0.4) is 0 Å². The summed E-state index contributed by atoms with van der Waals surface area (Å²) < 4.78 is 84.3. The van der Waals surface area contributed by atoms with Gasteiger partial charge in [0.25, 0.3) is 0 Å². The first-order valence-electron chi connectivity index (χ1n) is 10.2. The molecule has 4 rings (SSSR count). The number of H-pyrrole nitrogens is 1. The Kier molecular flexibility index (Phi) is 7.50. The standard InChI is InChI=1S/C22H15ClF6N6OS/c1-36-15-5-3-2-4-11(15)10-30-19-31-16(23)9-17(32-19)37-20-33-18(34-35-20)12-6-13(21(24,25)26)8-14(7-12)22(27,28)29/h2-9H,10H2,1H3,(H,30,31,32)(H,33,34,35). The van der Waals surface area contributed by atoms with E-state index in [0.29, 0.717) is 29.5 Å². The first-order chi connectivity index (χ1) is 17.4. The third-order valence-electron chi connectivity index (χ3n) is 4.81. The Hall–Kier alpha value is -3.52. The van der Waals surface area contributed by atoms with Crippen molar-refractivity contribution in [3.8, 4) is 17.1 Å². The molecule has 15 heteroatoms. The van der Waals surface area contributed by atoms with Gasteiger partial charge in [0.2, 0.25) is 5.95 Å². The van der Waals surface area contributed by atoms with Crippen LogP contribution in [0.5, 0.6) is 5.75 Å². The van der Waals surface area contributed by atoms with E-state index in [4.69, 9.17) is 16.3 Å². The van der Waals surface area contributed by atoms with Gasteiger partial charge < -0.3 is 10.1 Å². The SMILES string of the molecule is COc1ccccc1CNc1nc(Cl)cc(Sc2nc(-c3cc(C(F)(F)F)cc(C(F)(F)F)c3)n[nH]2)n1. The number of methoxy groups -OCH3 is 1. The number of aromatic amines is 1. The summed E-state index contributed by atoms with van der Waals surface area (Å²) in [6.45, 7) is 0.317. The van der Waals surface area contributed by atoms with Gasteiger partial charge in [0, 0.05) is 23.7 Å². The molecule has 0 amide bonds. The predicted octanol–water partition coefficient (Wildman–Crippen LogP) is 6.72. The minimum Gasteiger partial charge on any atom is -0.496 e. The average molecular weight is 561 g/mol. The molecule has 2 N–H and O–H groups in total. The largest absolute Gasteiger partial charge is 0.496 e. The molecule has 0 spiro atoms. The summed E-state index contributed by atoms with van der Waals surface area (Å²) in [5, 5.41) is 9.71. The van der Waals surface area contributed by atoms with Gasteiger partial charge in [-0.25, -0.2) is 15.0 Å². The van der Waals surface area contributed by atoms with Gasteiger partial charge in [-0.05, 0) is 36.0 Å². The van der Waals surface area contributed by atoms with Crippen LogP contribution in [0.4, 0.5) is 32.3 Å². The van der Waals surface area contributed by atoms with Crippen LogP contribution in [0, 0.1) is 0 Å². The second-order valence-electron chi connectivity index (χ2n) is 7.38. The zero-order valence-electron chi connectivity index (χ0n) is 18.6. The van der Waals surface area contributed by atoms with Crippen LogP contribution < -0.4 is 10.1 Å². The van der Waals surface area contributed by atoms with Gasteiger partial charge in [0.1, 0.15) is 15.9 Å². The minimum atomic E-state index is -4.99. The molecule has 0 atom stereocenters. The second kappa shape index (κ2) is 10.5. The van der Waals surface area contributed by atoms with E-state index in [-0.39, 0.29) is 28.1 Å². The van der Waals surface area contributed by atoms with Crippen LogP contribution >= 0.6 is 23.4 Å². The smallest absolute Gasteiger partial charge is 0.416 e. The fourth-order valence-electron chi connectivity index (χ4n) is 3.16. The quantitative estimate of drug-likeness (QED) is 0.191. The second-order valence-corrected chi connectivity index (χ2v) is 8.78. The molecule has 0 fully saturated rings. The number of alkyl halides is 6. The zero-order chi connectivity index (χ0) is 26.8. The van der Waals surface area contributed by atoms with Crippen molar-refractivity contribution in [3.05, 3.63) is 70.4 Å². The van der Waals surface area contributed by atoms with Crippen molar-refractivity contribution in [2.24, 2.45) is 0 Å². The molecule has 0 radical (unpaired) electrons. The molecule has 37 heavy (non-hydrogen) atoms. The molecule has 194 valence electrons. The first kappa shape index (κ1) is 26.5. The maximum absolute atomic E-state index is 13.2. The zero-order valence-corrected chi connectivity index (χ0v) is 20.1. The highest BCUT2D eigenvalue weighted by Crippen LogP contribution is 2.38. The molecule has 0 bridgehead atoms. The highest BCUT2D eigenvalue weighted by Gasteiger charge is 2.37. The number of benzene rings is 2. The monoisotopic (exact) mass is 560 g/mol. The number of hydrogen-bond donors (Lipinski definition) is 2. The van der Waals surface area contributed by atoms with Gasteiger partial charge in [-0.1, -0.05) is 29.8 Å².